The monoisotopic (exact) mass is 184 g/mol. The second kappa shape index (κ2) is 4.40. The molecule has 2 heterocycles. The molecule has 0 aromatic heterocycles. The fourth-order valence-corrected chi connectivity index (χ4v) is 2.39. The molecule has 0 amide bonds. The second-order valence-corrected chi connectivity index (χ2v) is 4.26. The molecule has 0 saturated carbocycles. The van der Waals surface area contributed by atoms with Crippen LogP contribution in [-0.2, 0) is 4.74 Å². The van der Waals surface area contributed by atoms with Crippen molar-refractivity contribution < 1.29 is 4.74 Å². The Labute approximate surface area is 80.4 Å². The Morgan fingerprint density at radius 3 is 3.00 bits per heavy atom. The van der Waals surface area contributed by atoms with Gasteiger partial charge in [0.15, 0.2) is 0 Å². The van der Waals surface area contributed by atoms with E-state index in [1.165, 1.54) is 39.0 Å². The van der Waals surface area contributed by atoms with Crippen molar-refractivity contribution in [1.29, 1.82) is 0 Å². The standard InChI is InChI=1S/C10H20N2O/c1-13-10-3-5-12(8-10)7-9-2-4-11-6-9/h9-11H,2-8H2,1H3. The molecule has 0 aromatic carbocycles. The van der Waals surface area contributed by atoms with Crippen molar-refractivity contribution in [2.75, 3.05) is 39.8 Å². The van der Waals surface area contributed by atoms with Crippen LogP contribution < -0.4 is 5.32 Å². The summed E-state index contributed by atoms with van der Waals surface area (Å²) >= 11 is 0. The lowest BCUT2D eigenvalue weighted by Crippen LogP contribution is -2.29. The van der Waals surface area contributed by atoms with Crippen LogP contribution >= 0.6 is 0 Å². The van der Waals surface area contributed by atoms with Crippen molar-refractivity contribution in [2.24, 2.45) is 5.92 Å². The summed E-state index contributed by atoms with van der Waals surface area (Å²) in [6.45, 7) is 6.08. The van der Waals surface area contributed by atoms with Crippen molar-refractivity contribution in [3.8, 4) is 0 Å². The first-order chi connectivity index (χ1) is 6.38. The molecule has 2 saturated heterocycles. The van der Waals surface area contributed by atoms with Crippen molar-refractivity contribution >= 4 is 0 Å². The van der Waals surface area contributed by atoms with Crippen LogP contribution in [0.2, 0.25) is 0 Å². The summed E-state index contributed by atoms with van der Waals surface area (Å²) in [4.78, 5) is 2.55. The predicted molar refractivity (Wildman–Crippen MR) is 52.8 cm³/mol. The number of likely N-dealkylation sites (tertiary alicyclic amines) is 1. The average Bonchev–Trinajstić information content (AvgIpc) is 2.76. The summed E-state index contributed by atoms with van der Waals surface area (Å²) < 4.78 is 5.35. The van der Waals surface area contributed by atoms with Gasteiger partial charge in [-0.2, -0.15) is 0 Å². The first-order valence-electron chi connectivity index (χ1n) is 5.34. The normalized spacial score (nSPS) is 35.8. The number of nitrogens with one attached hydrogen (secondary N) is 1. The highest BCUT2D eigenvalue weighted by Crippen LogP contribution is 2.16. The van der Waals surface area contributed by atoms with Gasteiger partial charge in [-0.3, -0.25) is 0 Å². The van der Waals surface area contributed by atoms with Crippen LogP contribution in [0.4, 0.5) is 0 Å². The number of rotatable bonds is 3. The van der Waals surface area contributed by atoms with Crippen LogP contribution in [0.1, 0.15) is 12.8 Å². The van der Waals surface area contributed by atoms with Gasteiger partial charge in [0.2, 0.25) is 0 Å². The van der Waals surface area contributed by atoms with Gasteiger partial charge in [-0.05, 0) is 31.8 Å². The molecule has 2 atom stereocenters. The summed E-state index contributed by atoms with van der Waals surface area (Å²) in [5.41, 5.74) is 0. The smallest absolute Gasteiger partial charge is 0.0710 e. The molecule has 2 fully saturated rings. The molecule has 0 radical (unpaired) electrons. The summed E-state index contributed by atoms with van der Waals surface area (Å²) in [6, 6.07) is 0. The first kappa shape index (κ1) is 9.44. The number of nitrogens with zero attached hydrogens (tertiary/aromatic N) is 1. The minimum Gasteiger partial charge on any atom is -0.380 e. The van der Waals surface area contributed by atoms with E-state index in [-0.39, 0.29) is 0 Å². The second-order valence-electron chi connectivity index (χ2n) is 4.26. The molecule has 76 valence electrons. The number of ether oxygens (including phenoxy) is 1. The van der Waals surface area contributed by atoms with Gasteiger partial charge in [-0.25, -0.2) is 0 Å². The fourth-order valence-electron chi connectivity index (χ4n) is 2.39. The lowest BCUT2D eigenvalue weighted by Gasteiger charge is -2.19. The quantitative estimate of drug-likeness (QED) is 0.683. The SMILES string of the molecule is COC1CCN(CC2CCNC2)C1. The maximum atomic E-state index is 5.35. The summed E-state index contributed by atoms with van der Waals surface area (Å²) in [6.07, 6.45) is 3.07. The molecule has 0 spiro atoms. The highest BCUT2D eigenvalue weighted by atomic mass is 16.5. The molecule has 2 unspecified atom stereocenters. The van der Waals surface area contributed by atoms with Gasteiger partial charge in [-0.15, -0.1) is 0 Å². The zero-order valence-corrected chi connectivity index (χ0v) is 8.46. The molecule has 3 heteroatoms. The molecular weight excluding hydrogens is 164 g/mol. The molecule has 0 aliphatic carbocycles. The van der Waals surface area contributed by atoms with Gasteiger partial charge < -0.3 is 15.0 Å². The maximum absolute atomic E-state index is 5.35. The maximum Gasteiger partial charge on any atom is 0.0710 e. The highest BCUT2D eigenvalue weighted by Gasteiger charge is 2.25. The third-order valence-corrected chi connectivity index (χ3v) is 3.24. The van der Waals surface area contributed by atoms with Crippen LogP contribution in [0, 0.1) is 5.92 Å². The zero-order valence-electron chi connectivity index (χ0n) is 8.46. The van der Waals surface area contributed by atoms with E-state index in [2.05, 4.69) is 10.2 Å². The van der Waals surface area contributed by atoms with E-state index in [1.54, 1.807) is 0 Å². The van der Waals surface area contributed by atoms with Gasteiger partial charge in [0.25, 0.3) is 0 Å². The van der Waals surface area contributed by atoms with E-state index in [0.717, 1.165) is 12.5 Å². The Balaban J connectivity index is 1.70. The van der Waals surface area contributed by atoms with Crippen LogP contribution in [0.3, 0.4) is 0 Å². The average molecular weight is 184 g/mol. The van der Waals surface area contributed by atoms with Gasteiger partial charge in [0.05, 0.1) is 6.10 Å². The molecular formula is C10H20N2O. The molecule has 1 N–H and O–H groups in total. The molecule has 2 aliphatic heterocycles. The van der Waals surface area contributed by atoms with Gasteiger partial charge in [-0.1, -0.05) is 0 Å². The van der Waals surface area contributed by atoms with E-state index >= 15 is 0 Å². The third kappa shape index (κ3) is 2.42. The summed E-state index contributed by atoms with van der Waals surface area (Å²) in [7, 11) is 1.82. The largest absolute Gasteiger partial charge is 0.380 e. The van der Waals surface area contributed by atoms with Crippen LogP contribution in [0.5, 0.6) is 0 Å². The van der Waals surface area contributed by atoms with Crippen molar-refractivity contribution in [2.45, 2.75) is 18.9 Å². The lowest BCUT2D eigenvalue weighted by atomic mass is 10.1. The van der Waals surface area contributed by atoms with Crippen molar-refractivity contribution in [1.82, 2.24) is 10.2 Å². The highest BCUT2D eigenvalue weighted by molar-refractivity contribution is 4.80. The Hall–Kier alpha value is -0.120. The van der Waals surface area contributed by atoms with Gasteiger partial charge >= 0.3 is 0 Å². The molecule has 13 heavy (non-hydrogen) atoms. The van der Waals surface area contributed by atoms with E-state index in [9.17, 15) is 0 Å². The van der Waals surface area contributed by atoms with E-state index in [4.69, 9.17) is 4.74 Å². The summed E-state index contributed by atoms with van der Waals surface area (Å²) in [5.74, 6) is 0.885. The van der Waals surface area contributed by atoms with E-state index < -0.39 is 0 Å². The van der Waals surface area contributed by atoms with Gasteiger partial charge in [0.1, 0.15) is 0 Å². The number of hydrogen-bond donors (Lipinski definition) is 1. The Morgan fingerprint density at radius 1 is 1.46 bits per heavy atom. The zero-order chi connectivity index (χ0) is 9.10. The van der Waals surface area contributed by atoms with Gasteiger partial charge in [0, 0.05) is 26.7 Å². The Morgan fingerprint density at radius 2 is 2.38 bits per heavy atom. The van der Waals surface area contributed by atoms with E-state index in [0.29, 0.717) is 6.10 Å². The minimum absolute atomic E-state index is 0.495. The first-order valence-corrected chi connectivity index (χ1v) is 5.34. The topological polar surface area (TPSA) is 24.5 Å². The fraction of sp³-hybridized carbons (Fsp3) is 1.00. The minimum atomic E-state index is 0.495. The third-order valence-electron chi connectivity index (χ3n) is 3.24. The molecule has 2 aliphatic rings. The number of methoxy groups -OCH3 is 1. The Bertz CT molecular complexity index is 157. The van der Waals surface area contributed by atoms with Crippen LogP contribution in [-0.4, -0.2) is 50.8 Å². The lowest BCUT2D eigenvalue weighted by molar-refractivity contribution is 0.106. The van der Waals surface area contributed by atoms with Crippen LogP contribution in [0.25, 0.3) is 0 Å². The molecule has 2 rings (SSSR count). The molecule has 0 aromatic rings. The number of hydrogen-bond acceptors (Lipinski definition) is 3. The van der Waals surface area contributed by atoms with Crippen molar-refractivity contribution in [3.05, 3.63) is 0 Å². The van der Waals surface area contributed by atoms with Crippen molar-refractivity contribution in [3.63, 3.8) is 0 Å². The molecule has 3 nitrogen and oxygen atoms in total. The Kier molecular flexibility index (Phi) is 3.19. The summed E-state index contributed by atoms with van der Waals surface area (Å²) in [5, 5.41) is 3.41. The van der Waals surface area contributed by atoms with Crippen LogP contribution in [0.15, 0.2) is 0 Å². The predicted octanol–water partition coefficient (Wildman–Crippen LogP) is 0.317. The van der Waals surface area contributed by atoms with E-state index in [1.807, 2.05) is 7.11 Å². The molecule has 0 bridgehead atoms.